The number of hydrogen-bond donors (Lipinski definition) is 1. The van der Waals surface area contributed by atoms with Crippen molar-refractivity contribution < 1.29 is 0 Å². The van der Waals surface area contributed by atoms with Crippen LogP contribution in [0, 0.1) is 5.92 Å². The van der Waals surface area contributed by atoms with Gasteiger partial charge in [-0.3, -0.25) is 9.88 Å². The smallest absolute Gasteiger partial charge is 0.120 e. The van der Waals surface area contributed by atoms with Crippen LogP contribution in [0.25, 0.3) is 11.3 Å². The SMILES string of the molecule is Brc1cccc(-c2cnc(CN3CCC(Cc4cccnc4)CC3)[nH]2)c1. The highest BCUT2D eigenvalue weighted by Gasteiger charge is 2.20. The molecule has 0 atom stereocenters. The molecule has 1 N–H and O–H groups in total. The molecule has 0 aliphatic carbocycles. The molecular weight excluding hydrogens is 388 g/mol. The lowest BCUT2D eigenvalue weighted by atomic mass is 9.91. The highest BCUT2D eigenvalue weighted by Crippen LogP contribution is 2.24. The summed E-state index contributed by atoms with van der Waals surface area (Å²) in [7, 11) is 0. The predicted octanol–water partition coefficient (Wildman–Crippen LogP) is 4.69. The molecule has 3 heterocycles. The Morgan fingerprint density at radius 1 is 1.12 bits per heavy atom. The van der Waals surface area contributed by atoms with Crippen LogP contribution in [0.5, 0.6) is 0 Å². The number of benzene rings is 1. The van der Waals surface area contributed by atoms with E-state index in [0.717, 1.165) is 53.5 Å². The van der Waals surface area contributed by atoms with E-state index in [9.17, 15) is 0 Å². The van der Waals surface area contributed by atoms with Crippen LogP contribution in [0.2, 0.25) is 0 Å². The molecule has 1 aliphatic heterocycles. The molecule has 1 saturated heterocycles. The maximum Gasteiger partial charge on any atom is 0.120 e. The van der Waals surface area contributed by atoms with Crippen molar-refractivity contribution in [2.45, 2.75) is 25.8 Å². The molecule has 4 nitrogen and oxygen atoms in total. The topological polar surface area (TPSA) is 44.8 Å². The van der Waals surface area contributed by atoms with Crippen LogP contribution in [-0.2, 0) is 13.0 Å². The van der Waals surface area contributed by atoms with Gasteiger partial charge in [0.25, 0.3) is 0 Å². The first kappa shape index (κ1) is 17.4. The third-order valence-electron chi connectivity index (χ3n) is 5.09. The zero-order valence-corrected chi connectivity index (χ0v) is 16.3. The summed E-state index contributed by atoms with van der Waals surface area (Å²) in [6.45, 7) is 3.17. The molecule has 2 aromatic heterocycles. The number of nitrogens with one attached hydrogen (secondary N) is 1. The summed E-state index contributed by atoms with van der Waals surface area (Å²) < 4.78 is 1.09. The molecule has 3 aromatic rings. The van der Waals surface area contributed by atoms with Crippen molar-refractivity contribution in [3.8, 4) is 11.3 Å². The van der Waals surface area contributed by atoms with E-state index in [2.05, 4.69) is 54.0 Å². The fraction of sp³-hybridized carbons (Fsp3) is 0.333. The largest absolute Gasteiger partial charge is 0.341 e. The van der Waals surface area contributed by atoms with Crippen LogP contribution in [0.1, 0.15) is 24.2 Å². The Labute approximate surface area is 162 Å². The quantitative estimate of drug-likeness (QED) is 0.663. The van der Waals surface area contributed by atoms with E-state index in [4.69, 9.17) is 0 Å². The van der Waals surface area contributed by atoms with Gasteiger partial charge in [-0.05, 0) is 62.0 Å². The first-order valence-electron chi connectivity index (χ1n) is 9.17. The number of pyridine rings is 1. The van der Waals surface area contributed by atoms with E-state index < -0.39 is 0 Å². The third kappa shape index (κ3) is 4.40. The predicted molar refractivity (Wildman–Crippen MR) is 108 cm³/mol. The van der Waals surface area contributed by atoms with Crippen molar-refractivity contribution >= 4 is 15.9 Å². The molecule has 5 heteroatoms. The molecule has 0 bridgehead atoms. The Morgan fingerprint density at radius 3 is 2.77 bits per heavy atom. The highest BCUT2D eigenvalue weighted by molar-refractivity contribution is 9.10. The summed E-state index contributed by atoms with van der Waals surface area (Å²) >= 11 is 3.53. The van der Waals surface area contributed by atoms with Crippen LogP contribution < -0.4 is 0 Å². The maximum atomic E-state index is 4.58. The number of aromatic amines is 1. The lowest BCUT2D eigenvalue weighted by Gasteiger charge is -2.31. The molecule has 134 valence electrons. The van der Waals surface area contributed by atoms with Gasteiger partial charge in [0.05, 0.1) is 18.4 Å². The Balaban J connectivity index is 1.31. The van der Waals surface area contributed by atoms with Crippen LogP contribution in [0.4, 0.5) is 0 Å². The van der Waals surface area contributed by atoms with Gasteiger partial charge >= 0.3 is 0 Å². The van der Waals surface area contributed by atoms with Gasteiger partial charge in [0, 0.05) is 22.4 Å². The van der Waals surface area contributed by atoms with E-state index in [1.54, 1.807) is 0 Å². The van der Waals surface area contributed by atoms with Gasteiger partial charge in [0.2, 0.25) is 0 Å². The second-order valence-corrected chi connectivity index (χ2v) is 7.95. The van der Waals surface area contributed by atoms with Crippen LogP contribution in [-0.4, -0.2) is 32.9 Å². The van der Waals surface area contributed by atoms with Gasteiger partial charge in [0.15, 0.2) is 0 Å². The molecule has 1 aromatic carbocycles. The number of imidazole rings is 1. The Hall–Kier alpha value is -1.98. The molecular formula is C21H23BrN4. The molecule has 0 spiro atoms. The number of H-pyrrole nitrogens is 1. The van der Waals surface area contributed by atoms with Gasteiger partial charge in [-0.2, -0.15) is 0 Å². The Morgan fingerprint density at radius 2 is 2.00 bits per heavy atom. The van der Waals surface area contributed by atoms with Crippen molar-refractivity contribution in [1.29, 1.82) is 0 Å². The summed E-state index contributed by atoms with van der Waals surface area (Å²) in [5.41, 5.74) is 3.59. The number of aromatic nitrogens is 3. The molecule has 0 saturated carbocycles. The van der Waals surface area contributed by atoms with Crippen LogP contribution >= 0.6 is 15.9 Å². The first-order chi connectivity index (χ1) is 12.8. The zero-order valence-electron chi connectivity index (χ0n) is 14.7. The van der Waals surface area contributed by atoms with E-state index >= 15 is 0 Å². The second kappa shape index (κ2) is 8.14. The average Bonchev–Trinajstić information content (AvgIpc) is 3.13. The second-order valence-electron chi connectivity index (χ2n) is 7.04. The first-order valence-corrected chi connectivity index (χ1v) is 9.96. The summed E-state index contributed by atoms with van der Waals surface area (Å²) in [6.07, 6.45) is 9.42. The third-order valence-corrected chi connectivity index (χ3v) is 5.59. The van der Waals surface area contributed by atoms with Gasteiger partial charge in [-0.25, -0.2) is 4.98 Å². The molecule has 0 amide bonds. The van der Waals surface area contributed by atoms with Crippen LogP contribution in [0.3, 0.4) is 0 Å². The molecule has 0 unspecified atom stereocenters. The van der Waals surface area contributed by atoms with Gasteiger partial charge in [-0.15, -0.1) is 0 Å². The Bertz CT molecular complexity index is 838. The number of rotatable bonds is 5. The fourth-order valence-corrected chi connectivity index (χ4v) is 4.06. The summed E-state index contributed by atoms with van der Waals surface area (Å²) in [6, 6.07) is 12.5. The lowest BCUT2D eigenvalue weighted by Crippen LogP contribution is -2.34. The molecule has 1 fully saturated rings. The minimum absolute atomic E-state index is 0.768. The number of halogens is 1. The summed E-state index contributed by atoms with van der Waals surface area (Å²) in [5, 5.41) is 0. The number of piperidine rings is 1. The number of likely N-dealkylation sites (tertiary alicyclic amines) is 1. The molecule has 26 heavy (non-hydrogen) atoms. The lowest BCUT2D eigenvalue weighted by molar-refractivity contribution is 0.174. The van der Waals surface area contributed by atoms with Gasteiger partial charge in [-0.1, -0.05) is 34.1 Å². The standard InChI is InChI=1S/C21H23BrN4/c22-19-5-1-4-18(12-19)20-14-24-21(25-20)15-26-9-6-16(7-10-26)11-17-3-2-8-23-13-17/h1-5,8,12-14,16H,6-7,9-11,15H2,(H,24,25). The summed E-state index contributed by atoms with van der Waals surface area (Å²) in [4.78, 5) is 14.8. The van der Waals surface area contributed by atoms with E-state index in [-0.39, 0.29) is 0 Å². The van der Waals surface area contributed by atoms with Gasteiger partial charge < -0.3 is 4.98 Å². The van der Waals surface area contributed by atoms with Crippen molar-refractivity contribution in [1.82, 2.24) is 19.9 Å². The average molecular weight is 411 g/mol. The molecule has 1 aliphatic rings. The van der Waals surface area contributed by atoms with Crippen molar-refractivity contribution in [2.75, 3.05) is 13.1 Å². The normalized spacial score (nSPS) is 16.0. The molecule has 4 rings (SSSR count). The summed E-state index contributed by atoms with van der Waals surface area (Å²) in [5.74, 6) is 1.81. The maximum absolute atomic E-state index is 4.58. The highest BCUT2D eigenvalue weighted by atomic mass is 79.9. The van der Waals surface area contributed by atoms with Crippen molar-refractivity contribution in [3.63, 3.8) is 0 Å². The van der Waals surface area contributed by atoms with E-state index in [0.29, 0.717) is 0 Å². The van der Waals surface area contributed by atoms with Crippen molar-refractivity contribution in [2.24, 2.45) is 5.92 Å². The van der Waals surface area contributed by atoms with Crippen LogP contribution in [0.15, 0.2) is 59.5 Å². The van der Waals surface area contributed by atoms with Crippen molar-refractivity contribution in [3.05, 3.63) is 70.8 Å². The minimum Gasteiger partial charge on any atom is -0.341 e. The van der Waals surface area contributed by atoms with Gasteiger partial charge in [0.1, 0.15) is 5.82 Å². The van der Waals surface area contributed by atoms with E-state index in [1.165, 1.54) is 18.4 Å². The fourth-order valence-electron chi connectivity index (χ4n) is 3.66. The monoisotopic (exact) mass is 410 g/mol. The number of hydrogen-bond acceptors (Lipinski definition) is 3. The zero-order chi connectivity index (χ0) is 17.8. The van der Waals surface area contributed by atoms with E-state index in [1.807, 2.05) is 36.8 Å². The number of nitrogens with zero attached hydrogens (tertiary/aromatic N) is 3. The molecule has 0 radical (unpaired) electrons. The minimum atomic E-state index is 0.768. The Kier molecular flexibility index (Phi) is 5.46.